The summed E-state index contributed by atoms with van der Waals surface area (Å²) in [4.78, 5) is 12.3. The number of halogens is 4. The van der Waals surface area contributed by atoms with E-state index in [1.165, 1.54) is 0 Å². The van der Waals surface area contributed by atoms with Crippen molar-refractivity contribution in [2.24, 2.45) is 0 Å². The second kappa shape index (κ2) is 7.79. The van der Waals surface area contributed by atoms with E-state index >= 15 is 0 Å². The number of nitrogens with one attached hydrogen (secondary N) is 1. The number of aromatic nitrogens is 2. The van der Waals surface area contributed by atoms with Crippen LogP contribution in [0.5, 0.6) is 0 Å². The van der Waals surface area contributed by atoms with Crippen LogP contribution in [0.1, 0.15) is 15.9 Å². The Labute approximate surface area is 167 Å². The Kier molecular flexibility index (Phi) is 5.69. The van der Waals surface area contributed by atoms with E-state index in [2.05, 4.69) is 26.3 Å². The van der Waals surface area contributed by atoms with Crippen LogP contribution >= 0.6 is 50.7 Å². The molecule has 0 bridgehead atoms. The third kappa shape index (κ3) is 4.55. The molecule has 0 aliphatic rings. The van der Waals surface area contributed by atoms with Gasteiger partial charge in [-0.2, -0.15) is 5.10 Å². The van der Waals surface area contributed by atoms with Crippen LogP contribution in [0.4, 0.5) is 5.82 Å². The first kappa shape index (κ1) is 18.3. The lowest BCUT2D eigenvalue weighted by Gasteiger charge is -2.05. The highest BCUT2D eigenvalue weighted by atomic mass is 79.9. The van der Waals surface area contributed by atoms with Gasteiger partial charge in [0.25, 0.3) is 5.91 Å². The average molecular weight is 460 g/mol. The minimum atomic E-state index is -0.271. The minimum Gasteiger partial charge on any atom is -0.304 e. The molecule has 1 heterocycles. The molecule has 0 aliphatic carbocycles. The molecule has 1 aromatic heterocycles. The Balaban J connectivity index is 1.76. The first-order valence-electron chi connectivity index (χ1n) is 7.16. The van der Waals surface area contributed by atoms with Crippen molar-refractivity contribution in [1.82, 2.24) is 9.78 Å². The first-order valence-corrected chi connectivity index (χ1v) is 9.09. The molecule has 0 spiro atoms. The molecule has 0 fully saturated rings. The fourth-order valence-electron chi connectivity index (χ4n) is 2.17. The molecule has 0 unspecified atom stereocenters. The third-order valence-corrected chi connectivity index (χ3v) is 4.82. The number of hydrogen-bond acceptors (Lipinski definition) is 2. The highest BCUT2D eigenvalue weighted by Gasteiger charge is 2.13. The van der Waals surface area contributed by atoms with E-state index in [1.54, 1.807) is 47.3 Å². The summed E-state index contributed by atoms with van der Waals surface area (Å²) in [5.41, 5.74) is 1.36. The molecule has 128 valence electrons. The van der Waals surface area contributed by atoms with Gasteiger partial charge in [-0.05, 0) is 57.9 Å². The van der Waals surface area contributed by atoms with Gasteiger partial charge in [0.15, 0.2) is 5.82 Å². The molecule has 3 rings (SSSR count). The number of amides is 1. The lowest BCUT2D eigenvalue weighted by molar-refractivity contribution is 0.102. The summed E-state index contributed by atoms with van der Waals surface area (Å²) in [5.74, 6) is 0.150. The number of carbonyl (C=O) groups excluding carboxylic acids is 1. The van der Waals surface area contributed by atoms with Crippen molar-refractivity contribution >= 4 is 62.5 Å². The lowest BCUT2D eigenvalue weighted by Crippen LogP contribution is -2.13. The van der Waals surface area contributed by atoms with Gasteiger partial charge in [0.2, 0.25) is 0 Å². The third-order valence-electron chi connectivity index (χ3n) is 3.40. The van der Waals surface area contributed by atoms with Crippen LogP contribution in [0.15, 0.2) is 53.1 Å². The average Bonchev–Trinajstić information content (AvgIpc) is 2.90. The van der Waals surface area contributed by atoms with Crippen LogP contribution in [0, 0.1) is 0 Å². The van der Waals surface area contributed by atoms with Crippen LogP contribution in [0.2, 0.25) is 15.1 Å². The van der Waals surface area contributed by atoms with Crippen molar-refractivity contribution in [2.45, 2.75) is 6.54 Å². The van der Waals surface area contributed by atoms with Gasteiger partial charge in [-0.25, -0.2) is 0 Å². The normalized spacial score (nSPS) is 10.7. The Morgan fingerprint density at radius 1 is 1.08 bits per heavy atom. The Morgan fingerprint density at radius 2 is 1.76 bits per heavy atom. The molecule has 0 atom stereocenters. The molecule has 1 N–H and O–H groups in total. The number of carbonyl (C=O) groups is 1. The van der Waals surface area contributed by atoms with Crippen LogP contribution < -0.4 is 5.32 Å². The summed E-state index contributed by atoms with van der Waals surface area (Å²) >= 11 is 21.3. The predicted molar refractivity (Wildman–Crippen MR) is 105 cm³/mol. The summed E-state index contributed by atoms with van der Waals surface area (Å²) in [6.45, 7) is 0.450. The van der Waals surface area contributed by atoms with Gasteiger partial charge in [0, 0.05) is 26.8 Å². The second-order valence-electron chi connectivity index (χ2n) is 5.22. The maximum absolute atomic E-state index is 12.3. The summed E-state index contributed by atoms with van der Waals surface area (Å²) < 4.78 is 2.34. The predicted octanol–water partition coefficient (Wildman–Crippen LogP) is 5.91. The minimum absolute atomic E-state index is 0.271. The molecule has 25 heavy (non-hydrogen) atoms. The lowest BCUT2D eigenvalue weighted by atomic mass is 10.2. The van der Waals surface area contributed by atoms with Crippen molar-refractivity contribution in [2.75, 3.05) is 5.32 Å². The Morgan fingerprint density at radius 3 is 2.44 bits per heavy atom. The molecule has 4 nitrogen and oxygen atoms in total. The topological polar surface area (TPSA) is 46.9 Å². The summed E-state index contributed by atoms with van der Waals surface area (Å²) in [5, 5.41) is 8.84. The van der Waals surface area contributed by atoms with E-state index in [9.17, 15) is 4.79 Å². The molecule has 0 aliphatic heterocycles. The molecule has 0 radical (unpaired) electrons. The van der Waals surface area contributed by atoms with Crippen LogP contribution in [-0.2, 0) is 6.54 Å². The van der Waals surface area contributed by atoms with Crippen LogP contribution in [-0.4, -0.2) is 15.7 Å². The molecule has 1 amide bonds. The van der Waals surface area contributed by atoms with Crippen molar-refractivity contribution in [3.05, 3.63) is 79.3 Å². The number of hydrogen-bond donors (Lipinski definition) is 1. The maximum Gasteiger partial charge on any atom is 0.256 e. The van der Waals surface area contributed by atoms with Gasteiger partial charge in [-0.15, -0.1) is 0 Å². The fraction of sp³-hybridized carbons (Fsp3) is 0.0588. The molecule has 2 aromatic carbocycles. The second-order valence-corrected chi connectivity index (χ2v) is 7.35. The van der Waals surface area contributed by atoms with E-state index in [-0.39, 0.29) is 5.91 Å². The zero-order valence-electron chi connectivity index (χ0n) is 12.6. The van der Waals surface area contributed by atoms with Gasteiger partial charge >= 0.3 is 0 Å². The zero-order valence-corrected chi connectivity index (χ0v) is 16.5. The summed E-state index contributed by atoms with van der Waals surface area (Å²) in [6.07, 6.45) is 1.77. The van der Waals surface area contributed by atoms with Gasteiger partial charge in [-0.3, -0.25) is 9.48 Å². The van der Waals surface area contributed by atoms with Gasteiger partial charge in [0.05, 0.1) is 11.0 Å². The number of nitrogens with zero attached hydrogens (tertiary/aromatic N) is 2. The highest BCUT2D eigenvalue weighted by Crippen LogP contribution is 2.25. The molecule has 0 saturated heterocycles. The SMILES string of the molecule is O=C(Nc1nn(Cc2ccc(Cl)cc2Cl)cc1Br)c1ccc(Cl)cc1. The van der Waals surface area contributed by atoms with Gasteiger partial charge < -0.3 is 5.32 Å². The first-order chi connectivity index (χ1) is 11.9. The number of benzene rings is 2. The summed E-state index contributed by atoms with van der Waals surface area (Å²) in [7, 11) is 0. The Hall–Kier alpha value is -1.53. The number of anilines is 1. The van der Waals surface area contributed by atoms with Crippen molar-refractivity contribution in [1.29, 1.82) is 0 Å². The van der Waals surface area contributed by atoms with E-state index < -0.39 is 0 Å². The molecule has 0 saturated carbocycles. The Bertz CT molecular complexity index is 925. The number of rotatable bonds is 4. The fourth-order valence-corrected chi connectivity index (χ4v) is 3.18. The van der Waals surface area contributed by atoms with E-state index in [1.807, 2.05) is 6.07 Å². The smallest absolute Gasteiger partial charge is 0.256 e. The summed E-state index contributed by atoms with van der Waals surface area (Å²) in [6, 6.07) is 11.9. The van der Waals surface area contributed by atoms with Crippen molar-refractivity contribution < 1.29 is 4.79 Å². The monoisotopic (exact) mass is 457 g/mol. The maximum atomic E-state index is 12.3. The standard InChI is InChI=1S/C17H11BrCl3N3O/c18-14-9-24(8-11-3-6-13(20)7-15(11)21)23-16(14)22-17(25)10-1-4-12(19)5-2-10/h1-7,9H,8H2,(H,22,23,25). The van der Waals surface area contributed by atoms with Crippen LogP contribution in [0.25, 0.3) is 0 Å². The van der Waals surface area contributed by atoms with Gasteiger partial charge in [0.1, 0.15) is 0 Å². The molecular formula is C17H11BrCl3N3O. The van der Waals surface area contributed by atoms with E-state index in [4.69, 9.17) is 34.8 Å². The van der Waals surface area contributed by atoms with E-state index in [0.29, 0.717) is 37.5 Å². The van der Waals surface area contributed by atoms with E-state index in [0.717, 1.165) is 5.56 Å². The zero-order chi connectivity index (χ0) is 18.0. The molecular weight excluding hydrogens is 448 g/mol. The van der Waals surface area contributed by atoms with Crippen molar-refractivity contribution in [3.8, 4) is 0 Å². The van der Waals surface area contributed by atoms with Crippen molar-refractivity contribution in [3.63, 3.8) is 0 Å². The largest absolute Gasteiger partial charge is 0.304 e. The molecule has 3 aromatic rings. The highest BCUT2D eigenvalue weighted by molar-refractivity contribution is 9.10. The van der Waals surface area contributed by atoms with Gasteiger partial charge in [-0.1, -0.05) is 40.9 Å². The quantitative estimate of drug-likeness (QED) is 0.528. The van der Waals surface area contributed by atoms with Crippen LogP contribution in [0.3, 0.4) is 0 Å². The molecule has 8 heteroatoms.